The summed E-state index contributed by atoms with van der Waals surface area (Å²) in [4.78, 5) is 26.7. The van der Waals surface area contributed by atoms with Crippen molar-refractivity contribution in [3.05, 3.63) is 39.0 Å². The molecule has 4 saturated carbocycles. The molecule has 1 aromatic heterocycles. The van der Waals surface area contributed by atoms with Gasteiger partial charge in [0.25, 0.3) is 5.56 Å². The Morgan fingerprint density at radius 1 is 1.20 bits per heavy atom. The second kappa shape index (κ2) is 4.82. The Morgan fingerprint density at radius 2 is 1.92 bits per heavy atom. The van der Waals surface area contributed by atoms with E-state index in [2.05, 4.69) is 9.71 Å². The third-order valence-corrected chi connectivity index (χ3v) is 7.38. The molecule has 0 amide bonds. The van der Waals surface area contributed by atoms with E-state index in [1.807, 2.05) is 0 Å². The maximum atomic E-state index is 12.7. The fourth-order valence-corrected chi connectivity index (χ4v) is 5.59. The number of nitrogens with zero attached hydrogens (tertiary/aromatic N) is 1. The van der Waals surface area contributed by atoms with Crippen molar-refractivity contribution >= 4 is 20.9 Å². The summed E-state index contributed by atoms with van der Waals surface area (Å²) in [7, 11) is -3.67. The Balaban J connectivity index is 1.59. The standard InChI is InChI=1S/C17H19N3O4S/c21-15-13-5-12(25(23,24)19-17-6-11(7-17)8-17)3-4-14(13)20(16(22)18-15)9-10-1-2-10/h3-5,10-11,19H,1-2,6-9H2,(H,18,21,22). The summed E-state index contributed by atoms with van der Waals surface area (Å²) in [6.07, 6.45) is 4.86. The smallest absolute Gasteiger partial charge is 0.293 e. The average Bonchev–Trinajstić information content (AvgIpc) is 3.30. The highest BCUT2D eigenvalue weighted by Gasteiger charge is 2.58. The van der Waals surface area contributed by atoms with E-state index < -0.39 is 21.3 Å². The van der Waals surface area contributed by atoms with Crippen LogP contribution < -0.4 is 16.0 Å². The maximum absolute atomic E-state index is 12.7. The molecule has 1 heterocycles. The fourth-order valence-electron chi connectivity index (χ4n) is 4.13. The maximum Gasteiger partial charge on any atom is 0.328 e. The van der Waals surface area contributed by atoms with Gasteiger partial charge in [-0.1, -0.05) is 0 Å². The zero-order valence-electron chi connectivity index (χ0n) is 13.6. The number of fused-ring (bicyclic) bond motifs is 1. The van der Waals surface area contributed by atoms with Crippen molar-refractivity contribution in [2.24, 2.45) is 11.8 Å². The fraction of sp³-hybridized carbons (Fsp3) is 0.529. The first kappa shape index (κ1) is 15.3. The second-order valence-corrected chi connectivity index (χ2v) is 9.54. The summed E-state index contributed by atoms with van der Waals surface area (Å²) < 4.78 is 29.7. The van der Waals surface area contributed by atoms with Crippen LogP contribution >= 0.6 is 0 Å². The van der Waals surface area contributed by atoms with Crippen LogP contribution in [0.4, 0.5) is 0 Å². The van der Waals surface area contributed by atoms with Crippen LogP contribution in [0.3, 0.4) is 0 Å². The van der Waals surface area contributed by atoms with Gasteiger partial charge >= 0.3 is 5.69 Å². The first-order chi connectivity index (χ1) is 11.9. The van der Waals surface area contributed by atoms with E-state index in [0.717, 1.165) is 32.1 Å². The Morgan fingerprint density at radius 3 is 2.52 bits per heavy atom. The number of aromatic amines is 1. The summed E-state index contributed by atoms with van der Waals surface area (Å²) in [5.41, 5.74) is -0.762. The molecule has 0 aliphatic heterocycles. The normalized spacial score (nSPS) is 27.8. The minimum Gasteiger partial charge on any atom is -0.293 e. The van der Waals surface area contributed by atoms with Crippen molar-refractivity contribution < 1.29 is 8.42 Å². The number of aromatic nitrogens is 2. The predicted molar refractivity (Wildman–Crippen MR) is 91.9 cm³/mol. The zero-order valence-corrected chi connectivity index (χ0v) is 14.4. The number of hydrogen-bond acceptors (Lipinski definition) is 4. The molecule has 132 valence electrons. The molecule has 2 bridgehead atoms. The van der Waals surface area contributed by atoms with Gasteiger partial charge in [0.15, 0.2) is 0 Å². The number of nitrogens with one attached hydrogen (secondary N) is 2. The van der Waals surface area contributed by atoms with E-state index in [1.54, 1.807) is 10.6 Å². The Bertz CT molecular complexity index is 1090. The Labute approximate surface area is 144 Å². The quantitative estimate of drug-likeness (QED) is 0.827. The van der Waals surface area contributed by atoms with Gasteiger partial charge in [0, 0.05) is 12.1 Å². The topological polar surface area (TPSA) is 101 Å². The van der Waals surface area contributed by atoms with E-state index in [1.165, 1.54) is 12.1 Å². The van der Waals surface area contributed by atoms with E-state index in [9.17, 15) is 18.0 Å². The Hall–Kier alpha value is -1.93. The van der Waals surface area contributed by atoms with Crippen LogP contribution in [-0.4, -0.2) is 23.5 Å². The van der Waals surface area contributed by atoms with Gasteiger partial charge in [-0.15, -0.1) is 0 Å². The van der Waals surface area contributed by atoms with Gasteiger partial charge in [-0.3, -0.25) is 14.3 Å². The van der Waals surface area contributed by atoms with Gasteiger partial charge in [-0.05, 0) is 62.1 Å². The highest BCUT2D eigenvalue weighted by atomic mass is 32.2. The van der Waals surface area contributed by atoms with Gasteiger partial charge in [0.05, 0.1) is 15.8 Å². The lowest BCUT2D eigenvalue weighted by Crippen LogP contribution is -2.67. The summed E-state index contributed by atoms with van der Waals surface area (Å²) in [6.45, 7) is 0.557. The molecule has 0 spiro atoms. The average molecular weight is 361 g/mol. The van der Waals surface area contributed by atoms with E-state index in [4.69, 9.17) is 0 Å². The lowest BCUT2D eigenvalue weighted by molar-refractivity contribution is -0.0317. The van der Waals surface area contributed by atoms with E-state index >= 15 is 0 Å². The molecule has 4 aliphatic carbocycles. The second-order valence-electron chi connectivity index (χ2n) is 7.86. The lowest BCUT2D eigenvalue weighted by Gasteiger charge is -2.61. The first-order valence-corrected chi connectivity index (χ1v) is 10.1. The van der Waals surface area contributed by atoms with Crippen molar-refractivity contribution in [2.45, 2.75) is 49.1 Å². The zero-order chi connectivity index (χ0) is 17.4. The Kier molecular flexibility index (Phi) is 2.96. The van der Waals surface area contributed by atoms with Crippen molar-refractivity contribution in [2.75, 3.05) is 0 Å². The third kappa shape index (κ3) is 2.38. The monoisotopic (exact) mass is 361 g/mol. The highest BCUT2D eigenvalue weighted by Crippen LogP contribution is 2.57. The highest BCUT2D eigenvalue weighted by molar-refractivity contribution is 7.89. The molecule has 0 atom stereocenters. The number of hydrogen-bond donors (Lipinski definition) is 2. The summed E-state index contributed by atoms with van der Waals surface area (Å²) in [5, 5.41) is 0.237. The van der Waals surface area contributed by atoms with E-state index in [0.29, 0.717) is 23.9 Å². The van der Waals surface area contributed by atoms with Gasteiger partial charge in [0.2, 0.25) is 10.0 Å². The molecule has 6 rings (SSSR count). The number of sulfonamides is 1. The largest absolute Gasteiger partial charge is 0.328 e. The van der Waals surface area contributed by atoms with Crippen LogP contribution in [0.5, 0.6) is 0 Å². The molecule has 4 aliphatic rings. The van der Waals surface area contributed by atoms with Gasteiger partial charge in [0.1, 0.15) is 0 Å². The predicted octanol–water partition coefficient (Wildman–Crippen LogP) is 0.931. The van der Waals surface area contributed by atoms with Crippen molar-refractivity contribution in [1.82, 2.24) is 14.3 Å². The molecule has 4 fully saturated rings. The molecule has 0 radical (unpaired) electrons. The van der Waals surface area contributed by atoms with Crippen LogP contribution in [0.1, 0.15) is 32.1 Å². The molecule has 2 N–H and O–H groups in total. The summed E-state index contributed by atoms with van der Waals surface area (Å²) >= 11 is 0. The summed E-state index contributed by atoms with van der Waals surface area (Å²) in [6, 6.07) is 4.44. The van der Waals surface area contributed by atoms with Crippen LogP contribution in [-0.2, 0) is 16.6 Å². The third-order valence-electron chi connectivity index (χ3n) is 5.81. The molecular weight excluding hydrogens is 342 g/mol. The van der Waals surface area contributed by atoms with Gasteiger partial charge in [-0.25, -0.2) is 17.9 Å². The van der Waals surface area contributed by atoms with Crippen molar-refractivity contribution in [1.29, 1.82) is 0 Å². The minimum absolute atomic E-state index is 0.0758. The number of rotatable bonds is 5. The number of H-pyrrole nitrogens is 1. The van der Waals surface area contributed by atoms with Crippen molar-refractivity contribution in [3.8, 4) is 0 Å². The minimum atomic E-state index is -3.67. The van der Waals surface area contributed by atoms with Gasteiger partial charge < -0.3 is 0 Å². The summed E-state index contributed by atoms with van der Waals surface area (Å²) in [5.74, 6) is 1.13. The van der Waals surface area contributed by atoms with E-state index in [-0.39, 0.29) is 15.8 Å². The van der Waals surface area contributed by atoms with Crippen LogP contribution in [0.25, 0.3) is 10.9 Å². The van der Waals surface area contributed by atoms with Gasteiger partial charge in [-0.2, -0.15) is 0 Å². The SMILES string of the molecule is O=c1[nH]c(=O)n(CC2CC2)c2ccc(S(=O)(=O)NC34CC(C3)C4)cc12. The molecular formula is C17H19N3O4S. The molecule has 0 saturated heterocycles. The molecule has 7 nitrogen and oxygen atoms in total. The number of benzene rings is 1. The van der Waals surface area contributed by atoms with Crippen molar-refractivity contribution in [3.63, 3.8) is 0 Å². The van der Waals surface area contributed by atoms with Crippen LogP contribution in [0.15, 0.2) is 32.7 Å². The molecule has 8 heteroatoms. The molecule has 0 unspecified atom stereocenters. The van der Waals surface area contributed by atoms with Crippen LogP contribution in [0.2, 0.25) is 0 Å². The molecule has 1 aromatic carbocycles. The van der Waals surface area contributed by atoms with Crippen LogP contribution in [0, 0.1) is 11.8 Å². The molecule has 2 aromatic rings. The lowest BCUT2D eigenvalue weighted by atomic mass is 9.50. The molecule has 25 heavy (non-hydrogen) atoms. The first-order valence-electron chi connectivity index (χ1n) is 8.66.